The second-order valence-electron chi connectivity index (χ2n) is 7.05. The number of morpholine rings is 1. The van der Waals surface area contributed by atoms with Crippen LogP contribution >= 0.6 is 0 Å². The van der Waals surface area contributed by atoms with E-state index >= 15 is 0 Å². The average Bonchev–Trinajstić information content (AvgIpc) is 2.66. The minimum Gasteiger partial charge on any atom is -0.380 e. The molecule has 0 bridgehead atoms. The maximum absolute atomic E-state index is 5.66. The predicted molar refractivity (Wildman–Crippen MR) is 99.3 cm³/mol. The van der Waals surface area contributed by atoms with E-state index in [4.69, 9.17) is 14.5 Å². The summed E-state index contributed by atoms with van der Waals surface area (Å²) in [6, 6.07) is 2.21. The Morgan fingerprint density at radius 3 is 2.84 bits per heavy atom. The summed E-state index contributed by atoms with van der Waals surface area (Å²) in [6.45, 7) is 12.5. The lowest BCUT2D eigenvalue weighted by Crippen LogP contribution is -2.38. The molecule has 1 aromatic rings. The van der Waals surface area contributed by atoms with Gasteiger partial charge in [0.1, 0.15) is 11.6 Å². The molecule has 0 unspecified atom stereocenters. The zero-order valence-corrected chi connectivity index (χ0v) is 15.7. The van der Waals surface area contributed by atoms with Crippen LogP contribution in [-0.2, 0) is 9.47 Å². The molecule has 3 rings (SSSR count). The van der Waals surface area contributed by atoms with Crippen molar-refractivity contribution in [3.8, 4) is 0 Å². The summed E-state index contributed by atoms with van der Waals surface area (Å²) in [7, 11) is 0. The fourth-order valence-electron chi connectivity index (χ4n) is 3.68. The first-order chi connectivity index (χ1) is 12.3. The topological polar surface area (TPSA) is 50.7 Å². The van der Waals surface area contributed by atoms with Crippen LogP contribution in [0.1, 0.15) is 43.6 Å². The zero-order chi connectivity index (χ0) is 17.5. The Morgan fingerprint density at radius 1 is 1.20 bits per heavy atom. The van der Waals surface area contributed by atoms with E-state index in [1.54, 1.807) is 0 Å². The van der Waals surface area contributed by atoms with Crippen LogP contribution in [0.25, 0.3) is 0 Å². The molecule has 3 heterocycles. The number of nitrogens with zero attached hydrogens (tertiary/aromatic N) is 4. The number of hydrogen-bond acceptors (Lipinski definition) is 6. The Hall–Kier alpha value is -1.24. The molecule has 6 nitrogen and oxygen atoms in total. The van der Waals surface area contributed by atoms with Crippen molar-refractivity contribution in [2.75, 3.05) is 64.1 Å². The van der Waals surface area contributed by atoms with E-state index < -0.39 is 0 Å². The van der Waals surface area contributed by atoms with Gasteiger partial charge < -0.3 is 19.3 Å². The Bertz CT molecular complexity index is 534. The standard InChI is InChI=1S/C19H32N4O2/c1-3-10-24-11-7-22-6-4-5-17(15-22)18-14-19(21-16(2)20-18)23-8-12-25-13-9-23/h14,17H,3-13,15H2,1-2H3/t17-/m1/s1. The molecule has 2 fully saturated rings. The van der Waals surface area contributed by atoms with Gasteiger partial charge in [0.2, 0.25) is 0 Å². The molecule has 140 valence electrons. The van der Waals surface area contributed by atoms with E-state index in [2.05, 4.69) is 27.8 Å². The van der Waals surface area contributed by atoms with E-state index in [9.17, 15) is 0 Å². The van der Waals surface area contributed by atoms with Gasteiger partial charge in [0, 0.05) is 44.8 Å². The van der Waals surface area contributed by atoms with Crippen LogP contribution in [0.5, 0.6) is 0 Å². The minimum absolute atomic E-state index is 0.501. The van der Waals surface area contributed by atoms with Crippen molar-refractivity contribution in [3.05, 3.63) is 17.6 Å². The largest absolute Gasteiger partial charge is 0.380 e. The number of aromatic nitrogens is 2. The normalized spacial score (nSPS) is 22.3. The van der Waals surface area contributed by atoms with Crippen LogP contribution in [0.3, 0.4) is 0 Å². The maximum Gasteiger partial charge on any atom is 0.132 e. The lowest BCUT2D eigenvalue weighted by molar-refractivity contribution is 0.0926. The van der Waals surface area contributed by atoms with Gasteiger partial charge in [-0.05, 0) is 32.7 Å². The summed E-state index contributed by atoms with van der Waals surface area (Å²) in [5, 5.41) is 0. The predicted octanol–water partition coefficient (Wildman–Crippen LogP) is 2.23. The molecule has 2 aliphatic rings. The van der Waals surface area contributed by atoms with Gasteiger partial charge in [-0.1, -0.05) is 6.92 Å². The third-order valence-corrected chi connectivity index (χ3v) is 5.00. The van der Waals surface area contributed by atoms with Gasteiger partial charge in [-0.3, -0.25) is 0 Å². The average molecular weight is 348 g/mol. The van der Waals surface area contributed by atoms with Crippen molar-refractivity contribution in [3.63, 3.8) is 0 Å². The number of likely N-dealkylation sites (tertiary alicyclic amines) is 1. The second-order valence-corrected chi connectivity index (χ2v) is 7.05. The molecule has 0 saturated carbocycles. The van der Waals surface area contributed by atoms with Crippen molar-refractivity contribution in [1.29, 1.82) is 0 Å². The first kappa shape index (κ1) is 18.5. The Labute approximate surface area is 151 Å². The van der Waals surface area contributed by atoms with E-state index in [1.807, 2.05) is 6.92 Å². The third-order valence-electron chi connectivity index (χ3n) is 5.00. The van der Waals surface area contributed by atoms with Crippen LogP contribution in [0.4, 0.5) is 5.82 Å². The van der Waals surface area contributed by atoms with Gasteiger partial charge in [-0.2, -0.15) is 0 Å². The summed E-state index contributed by atoms with van der Waals surface area (Å²) in [5.74, 6) is 2.44. The first-order valence-corrected chi connectivity index (χ1v) is 9.74. The van der Waals surface area contributed by atoms with E-state index in [-0.39, 0.29) is 0 Å². The fourth-order valence-corrected chi connectivity index (χ4v) is 3.68. The van der Waals surface area contributed by atoms with E-state index in [0.29, 0.717) is 5.92 Å². The van der Waals surface area contributed by atoms with Gasteiger partial charge in [0.25, 0.3) is 0 Å². The zero-order valence-electron chi connectivity index (χ0n) is 15.7. The highest BCUT2D eigenvalue weighted by Crippen LogP contribution is 2.27. The van der Waals surface area contributed by atoms with Gasteiger partial charge >= 0.3 is 0 Å². The summed E-state index contributed by atoms with van der Waals surface area (Å²) in [4.78, 5) is 14.3. The summed E-state index contributed by atoms with van der Waals surface area (Å²) < 4.78 is 11.1. The lowest BCUT2D eigenvalue weighted by Gasteiger charge is -2.33. The van der Waals surface area contributed by atoms with Crippen molar-refractivity contribution in [2.45, 2.75) is 39.0 Å². The molecule has 2 saturated heterocycles. The number of piperidine rings is 1. The molecule has 0 aliphatic carbocycles. The molecule has 0 radical (unpaired) electrons. The quantitative estimate of drug-likeness (QED) is 0.704. The molecule has 1 aromatic heterocycles. The number of aryl methyl sites for hydroxylation is 1. The molecule has 0 amide bonds. The van der Waals surface area contributed by atoms with E-state index in [1.165, 1.54) is 25.1 Å². The highest BCUT2D eigenvalue weighted by molar-refractivity contribution is 5.41. The van der Waals surface area contributed by atoms with Gasteiger partial charge in [-0.25, -0.2) is 9.97 Å². The SMILES string of the molecule is CCCOCCN1CCC[C@@H](c2cc(N3CCOCC3)nc(C)n2)C1. The van der Waals surface area contributed by atoms with E-state index in [0.717, 1.165) is 70.7 Å². The third kappa shape index (κ3) is 5.36. The first-order valence-electron chi connectivity index (χ1n) is 9.74. The Balaban J connectivity index is 1.62. The van der Waals surface area contributed by atoms with Crippen LogP contribution in [0.15, 0.2) is 6.07 Å². The maximum atomic E-state index is 5.66. The number of hydrogen-bond donors (Lipinski definition) is 0. The van der Waals surface area contributed by atoms with Gasteiger partial charge in [0.05, 0.1) is 25.5 Å². The van der Waals surface area contributed by atoms with Crippen LogP contribution < -0.4 is 4.90 Å². The van der Waals surface area contributed by atoms with Crippen LogP contribution in [0.2, 0.25) is 0 Å². The van der Waals surface area contributed by atoms with Crippen molar-refractivity contribution < 1.29 is 9.47 Å². The van der Waals surface area contributed by atoms with Crippen molar-refractivity contribution in [1.82, 2.24) is 14.9 Å². The van der Waals surface area contributed by atoms with Gasteiger partial charge in [-0.15, -0.1) is 0 Å². The molecule has 25 heavy (non-hydrogen) atoms. The van der Waals surface area contributed by atoms with Gasteiger partial charge in [0.15, 0.2) is 0 Å². The number of anilines is 1. The van der Waals surface area contributed by atoms with Crippen LogP contribution in [0, 0.1) is 6.92 Å². The second kappa shape index (κ2) is 9.46. The highest BCUT2D eigenvalue weighted by Gasteiger charge is 2.24. The smallest absolute Gasteiger partial charge is 0.132 e. The summed E-state index contributed by atoms with van der Waals surface area (Å²) in [5.41, 5.74) is 1.20. The highest BCUT2D eigenvalue weighted by atomic mass is 16.5. The molecule has 0 N–H and O–H groups in total. The lowest BCUT2D eigenvalue weighted by atomic mass is 9.94. The van der Waals surface area contributed by atoms with Crippen LogP contribution in [-0.4, -0.2) is 74.0 Å². The summed E-state index contributed by atoms with van der Waals surface area (Å²) >= 11 is 0. The molecule has 0 spiro atoms. The summed E-state index contributed by atoms with van der Waals surface area (Å²) in [6.07, 6.45) is 3.53. The molecule has 2 aliphatic heterocycles. The molecule has 6 heteroatoms. The van der Waals surface area contributed by atoms with Crippen molar-refractivity contribution in [2.24, 2.45) is 0 Å². The fraction of sp³-hybridized carbons (Fsp3) is 0.789. The Kier molecular flexibility index (Phi) is 7.02. The molecular formula is C19H32N4O2. The van der Waals surface area contributed by atoms with Crippen molar-refractivity contribution >= 4 is 5.82 Å². The monoisotopic (exact) mass is 348 g/mol. The minimum atomic E-state index is 0.501. The number of rotatable bonds is 7. The number of ether oxygens (including phenoxy) is 2. The molecule has 0 aromatic carbocycles. The Morgan fingerprint density at radius 2 is 2.04 bits per heavy atom. The molecular weight excluding hydrogens is 316 g/mol. The molecule has 1 atom stereocenters.